The van der Waals surface area contributed by atoms with Gasteiger partial charge in [-0.3, -0.25) is 14.2 Å². The number of carbonyl (C=O) groups excluding carboxylic acids is 1. The Morgan fingerprint density at radius 2 is 2.07 bits per heavy atom. The van der Waals surface area contributed by atoms with Crippen LogP contribution in [0.4, 0.5) is 13.2 Å². The Hall–Kier alpha value is -3.08. The van der Waals surface area contributed by atoms with Crippen LogP contribution in [0, 0.1) is 0 Å². The van der Waals surface area contributed by atoms with Gasteiger partial charge in [0.25, 0.3) is 11.5 Å². The lowest BCUT2D eigenvalue weighted by Crippen LogP contribution is -2.40. The van der Waals surface area contributed by atoms with E-state index in [1.54, 1.807) is 0 Å². The summed E-state index contributed by atoms with van der Waals surface area (Å²) >= 11 is 0. The van der Waals surface area contributed by atoms with E-state index in [4.69, 9.17) is 4.74 Å². The Morgan fingerprint density at radius 3 is 2.72 bits per heavy atom. The maximum absolute atomic E-state index is 12.5. The van der Waals surface area contributed by atoms with Gasteiger partial charge in [-0.15, -0.1) is 13.2 Å². The first-order chi connectivity index (χ1) is 13.7. The van der Waals surface area contributed by atoms with Crippen LogP contribution in [0.2, 0.25) is 0 Å². The predicted molar refractivity (Wildman–Crippen MR) is 94.6 cm³/mol. The molecule has 1 fully saturated rings. The van der Waals surface area contributed by atoms with Gasteiger partial charge in [-0.25, -0.2) is 4.79 Å². The van der Waals surface area contributed by atoms with Crippen molar-refractivity contribution >= 4 is 5.91 Å². The van der Waals surface area contributed by atoms with Gasteiger partial charge in [-0.05, 0) is 18.9 Å². The largest absolute Gasteiger partial charge is 0.573 e. The number of halogens is 3. The van der Waals surface area contributed by atoms with E-state index in [1.807, 2.05) is 0 Å². The van der Waals surface area contributed by atoms with E-state index in [2.05, 4.69) is 15.0 Å². The number of nitrogens with one attached hydrogen (secondary N) is 2. The lowest BCUT2D eigenvalue weighted by atomic mass is 10.2. The molecule has 1 aliphatic heterocycles. The molecule has 1 saturated heterocycles. The highest BCUT2D eigenvalue weighted by Crippen LogP contribution is 2.26. The number of hydrogen-bond acceptors (Lipinski definition) is 5. The van der Waals surface area contributed by atoms with Gasteiger partial charge in [0.05, 0.1) is 12.6 Å². The molecule has 1 aromatic carbocycles. The number of rotatable bonds is 6. The Bertz CT molecular complexity index is 962. The number of aromatic amines is 1. The van der Waals surface area contributed by atoms with Crippen LogP contribution in [-0.2, 0) is 17.8 Å². The molecule has 0 radical (unpaired) electrons. The zero-order chi connectivity index (χ0) is 21.0. The average molecular weight is 413 g/mol. The molecule has 29 heavy (non-hydrogen) atoms. The molecule has 1 aromatic heterocycles. The minimum absolute atomic E-state index is 0.0762. The molecule has 2 N–H and O–H groups in total. The van der Waals surface area contributed by atoms with Crippen molar-refractivity contribution in [3.8, 4) is 5.75 Å². The van der Waals surface area contributed by atoms with E-state index in [-0.39, 0.29) is 30.5 Å². The van der Waals surface area contributed by atoms with E-state index in [9.17, 15) is 27.6 Å². The van der Waals surface area contributed by atoms with Crippen LogP contribution < -0.4 is 21.3 Å². The molecule has 0 bridgehead atoms. The van der Waals surface area contributed by atoms with Crippen molar-refractivity contribution in [2.24, 2.45) is 0 Å². The summed E-state index contributed by atoms with van der Waals surface area (Å²) in [5.74, 6) is -1.27. The van der Waals surface area contributed by atoms with Crippen LogP contribution in [0.3, 0.4) is 0 Å². The molecule has 1 unspecified atom stereocenters. The molecule has 0 aliphatic carbocycles. The quantitative estimate of drug-likeness (QED) is 0.748. The minimum Gasteiger partial charge on any atom is -0.405 e. The molecule has 0 saturated carbocycles. The highest BCUT2D eigenvalue weighted by atomic mass is 19.4. The smallest absolute Gasteiger partial charge is 0.405 e. The van der Waals surface area contributed by atoms with Crippen molar-refractivity contribution in [1.29, 1.82) is 0 Å². The molecular weight excluding hydrogens is 395 g/mol. The zero-order valence-electron chi connectivity index (χ0n) is 15.1. The molecule has 11 heteroatoms. The molecule has 1 atom stereocenters. The number of nitrogens with zero attached hydrogens (tertiary/aromatic N) is 1. The van der Waals surface area contributed by atoms with Crippen LogP contribution in [0.25, 0.3) is 0 Å². The predicted octanol–water partition coefficient (Wildman–Crippen LogP) is 1.54. The summed E-state index contributed by atoms with van der Waals surface area (Å²) in [5, 5.41) is 2.36. The molecule has 0 spiro atoms. The molecule has 156 valence electrons. The van der Waals surface area contributed by atoms with E-state index in [0.717, 1.165) is 29.5 Å². The van der Waals surface area contributed by atoms with Crippen molar-refractivity contribution in [3.63, 3.8) is 0 Å². The second-order valence-corrected chi connectivity index (χ2v) is 6.41. The average Bonchev–Trinajstić information content (AvgIpc) is 3.15. The second-order valence-electron chi connectivity index (χ2n) is 6.41. The van der Waals surface area contributed by atoms with Crippen LogP contribution in [0.1, 0.15) is 28.9 Å². The number of aromatic nitrogens is 2. The zero-order valence-corrected chi connectivity index (χ0v) is 15.1. The summed E-state index contributed by atoms with van der Waals surface area (Å²) in [6, 6.07) is 6.27. The van der Waals surface area contributed by atoms with Crippen molar-refractivity contribution in [2.75, 3.05) is 6.61 Å². The third kappa shape index (κ3) is 5.47. The van der Waals surface area contributed by atoms with Crippen molar-refractivity contribution in [1.82, 2.24) is 14.9 Å². The van der Waals surface area contributed by atoms with Crippen LogP contribution in [0.5, 0.6) is 5.75 Å². The number of carbonyl (C=O) groups is 1. The fourth-order valence-electron chi connectivity index (χ4n) is 2.95. The highest BCUT2D eigenvalue weighted by Gasteiger charge is 2.32. The summed E-state index contributed by atoms with van der Waals surface area (Å²) in [6.45, 7) is 0.349. The Labute approximate surface area is 162 Å². The number of para-hydroxylation sites is 1. The topological polar surface area (TPSA) is 102 Å². The van der Waals surface area contributed by atoms with Gasteiger partial charge >= 0.3 is 12.1 Å². The lowest BCUT2D eigenvalue weighted by Gasteiger charge is -2.14. The first kappa shape index (κ1) is 20.6. The second kappa shape index (κ2) is 8.52. The monoisotopic (exact) mass is 413 g/mol. The van der Waals surface area contributed by atoms with Crippen molar-refractivity contribution in [2.45, 2.75) is 38.4 Å². The molecule has 1 aliphatic rings. The van der Waals surface area contributed by atoms with Gasteiger partial charge < -0.3 is 19.8 Å². The van der Waals surface area contributed by atoms with Crippen LogP contribution in [0.15, 0.2) is 39.9 Å². The van der Waals surface area contributed by atoms with Crippen molar-refractivity contribution < 1.29 is 27.4 Å². The number of hydrogen-bond donors (Lipinski definition) is 2. The maximum Gasteiger partial charge on any atom is 0.573 e. The molecule has 1 amide bonds. The third-order valence-corrected chi connectivity index (χ3v) is 4.31. The minimum atomic E-state index is -4.88. The first-order valence-electron chi connectivity index (χ1n) is 8.80. The van der Waals surface area contributed by atoms with E-state index in [1.165, 1.54) is 18.2 Å². The maximum atomic E-state index is 12.5. The SMILES string of the molecule is O=C(NCc1ccccc1OC(F)(F)F)c1cc(=O)n(CC2CCCO2)c(=O)[nH]1. The summed E-state index contributed by atoms with van der Waals surface area (Å²) in [5.41, 5.74) is -1.65. The standard InChI is InChI=1S/C18H18F3N3O5/c19-18(20,21)29-14-6-2-1-4-11(14)9-22-16(26)13-8-15(25)24(17(27)23-13)10-12-5-3-7-28-12/h1-2,4,6,8,12H,3,5,7,9-10H2,(H,22,26)(H,23,27). The van der Waals surface area contributed by atoms with Gasteiger partial charge in [0, 0.05) is 24.8 Å². The Morgan fingerprint density at radius 1 is 1.31 bits per heavy atom. The van der Waals surface area contributed by atoms with Gasteiger partial charge in [0.2, 0.25) is 0 Å². The van der Waals surface area contributed by atoms with E-state index >= 15 is 0 Å². The van der Waals surface area contributed by atoms with Gasteiger partial charge in [0.15, 0.2) is 0 Å². The summed E-state index contributed by atoms with van der Waals surface area (Å²) < 4.78 is 47.6. The lowest BCUT2D eigenvalue weighted by molar-refractivity contribution is -0.274. The summed E-state index contributed by atoms with van der Waals surface area (Å²) in [6.07, 6.45) is -3.54. The molecule has 2 aromatic rings. The molecule has 2 heterocycles. The van der Waals surface area contributed by atoms with Crippen LogP contribution in [-0.4, -0.2) is 34.5 Å². The molecule has 8 nitrogen and oxygen atoms in total. The fraction of sp³-hybridized carbons (Fsp3) is 0.389. The third-order valence-electron chi connectivity index (χ3n) is 4.31. The summed E-state index contributed by atoms with van der Waals surface area (Å²) in [7, 11) is 0. The normalized spacial score (nSPS) is 16.6. The number of benzene rings is 1. The van der Waals surface area contributed by atoms with E-state index in [0.29, 0.717) is 6.61 Å². The molecule has 3 rings (SSSR count). The number of ether oxygens (including phenoxy) is 2. The number of alkyl halides is 3. The van der Waals surface area contributed by atoms with E-state index < -0.39 is 29.3 Å². The number of amides is 1. The van der Waals surface area contributed by atoms with Gasteiger partial charge in [-0.2, -0.15) is 0 Å². The Kier molecular flexibility index (Phi) is 6.06. The number of H-pyrrole nitrogens is 1. The summed E-state index contributed by atoms with van der Waals surface area (Å²) in [4.78, 5) is 38.9. The van der Waals surface area contributed by atoms with Crippen LogP contribution >= 0.6 is 0 Å². The van der Waals surface area contributed by atoms with Gasteiger partial charge in [-0.1, -0.05) is 18.2 Å². The molecular formula is C18H18F3N3O5. The fourth-order valence-corrected chi connectivity index (χ4v) is 2.95. The highest BCUT2D eigenvalue weighted by molar-refractivity contribution is 5.92. The van der Waals surface area contributed by atoms with Gasteiger partial charge in [0.1, 0.15) is 11.4 Å². The Balaban J connectivity index is 1.70. The first-order valence-corrected chi connectivity index (χ1v) is 8.80. The van der Waals surface area contributed by atoms with Crippen molar-refractivity contribution in [3.05, 3.63) is 62.4 Å².